The van der Waals surface area contributed by atoms with E-state index < -0.39 is 28.6 Å². The van der Waals surface area contributed by atoms with Gasteiger partial charge in [-0.15, -0.1) is 0 Å². The lowest BCUT2D eigenvalue weighted by molar-refractivity contribution is -0.245. The first-order valence-corrected chi connectivity index (χ1v) is 10.9. The standard InChI is InChI=1S/C21H25F3O6S/c1-3-27-18(13-29-17-6-4-16(5-7-17)21(22,23)24)14-31(26)19-8-9-20(15(2)12-19)28-10-11-30-25/h4-9,12,18,25H,3,10-11,13-14H2,1-2H3/t18-,31?/m1/s1. The molecule has 0 aliphatic heterocycles. The number of halogens is 3. The van der Waals surface area contributed by atoms with Gasteiger partial charge < -0.3 is 14.2 Å². The lowest BCUT2D eigenvalue weighted by Crippen LogP contribution is -2.28. The van der Waals surface area contributed by atoms with Crippen LogP contribution in [0.15, 0.2) is 47.4 Å². The van der Waals surface area contributed by atoms with Crippen LogP contribution in [0.2, 0.25) is 0 Å². The molecule has 2 rings (SSSR count). The Hall–Kier alpha value is -2.14. The summed E-state index contributed by atoms with van der Waals surface area (Å²) in [6, 6.07) is 9.49. The van der Waals surface area contributed by atoms with Gasteiger partial charge in [0.25, 0.3) is 0 Å². The van der Waals surface area contributed by atoms with Crippen molar-refractivity contribution < 1.29 is 41.7 Å². The molecule has 0 heterocycles. The van der Waals surface area contributed by atoms with Crippen LogP contribution >= 0.6 is 0 Å². The summed E-state index contributed by atoms with van der Waals surface area (Å²) >= 11 is 0. The van der Waals surface area contributed by atoms with Crippen molar-refractivity contribution in [2.45, 2.75) is 31.0 Å². The van der Waals surface area contributed by atoms with Crippen LogP contribution in [0, 0.1) is 6.92 Å². The maximum absolute atomic E-state index is 12.8. The van der Waals surface area contributed by atoms with Crippen LogP contribution in [0.1, 0.15) is 18.1 Å². The second-order valence-corrected chi connectivity index (χ2v) is 8.03. The van der Waals surface area contributed by atoms with E-state index in [0.29, 0.717) is 17.3 Å². The molecule has 1 unspecified atom stereocenters. The summed E-state index contributed by atoms with van der Waals surface area (Å²) in [6.07, 6.45) is -4.92. The molecule has 0 fully saturated rings. The van der Waals surface area contributed by atoms with Crippen LogP contribution < -0.4 is 9.47 Å². The maximum Gasteiger partial charge on any atom is 0.416 e. The van der Waals surface area contributed by atoms with Gasteiger partial charge in [-0.05, 0) is 61.9 Å². The van der Waals surface area contributed by atoms with Crippen molar-refractivity contribution in [2.75, 3.05) is 32.2 Å². The molecule has 0 aliphatic carbocycles. The van der Waals surface area contributed by atoms with Crippen molar-refractivity contribution in [3.05, 3.63) is 53.6 Å². The highest BCUT2D eigenvalue weighted by molar-refractivity contribution is 7.85. The molecule has 31 heavy (non-hydrogen) atoms. The van der Waals surface area contributed by atoms with Gasteiger partial charge in [-0.3, -0.25) is 9.47 Å². The van der Waals surface area contributed by atoms with E-state index in [9.17, 15) is 17.4 Å². The molecule has 0 amide bonds. The number of benzene rings is 2. The first-order chi connectivity index (χ1) is 14.7. The number of hydrogen-bond donors (Lipinski definition) is 1. The van der Waals surface area contributed by atoms with Gasteiger partial charge in [0.15, 0.2) is 0 Å². The Labute approximate surface area is 181 Å². The van der Waals surface area contributed by atoms with Crippen LogP contribution in [0.25, 0.3) is 0 Å². The average Bonchev–Trinajstić information content (AvgIpc) is 2.73. The summed E-state index contributed by atoms with van der Waals surface area (Å²) < 4.78 is 67.3. The van der Waals surface area contributed by atoms with Gasteiger partial charge in [0.05, 0.1) is 22.1 Å². The fourth-order valence-corrected chi connectivity index (χ4v) is 3.94. The minimum absolute atomic E-state index is 0.0299. The van der Waals surface area contributed by atoms with Crippen molar-refractivity contribution in [3.63, 3.8) is 0 Å². The molecule has 2 aromatic carbocycles. The molecule has 2 atom stereocenters. The van der Waals surface area contributed by atoms with Gasteiger partial charge in [0, 0.05) is 11.5 Å². The number of rotatable bonds is 12. The lowest BCUT2D eigenvalue weighted by Gasteiger charge is -2.18. The van der Waals surface area contributed by atoms with Crippen molar-refractivity contribution in [3.8, 4) is 11.5 Å². The molecule has 6 nitrogen and oxygen atoms in total. The molecule has 172 valence electrons. The zero-order valence-corrected chi connectivity index (χ0v) is 18.0. The minimum atomic E-state index is -4.41. The molecule has 0 saturated heterocycles. The Morgan fingerprint density at radius 2 is 1.77 bits per heavy atom. The zero-order chi connectivity index (χ0) is 22.9. The van der Waals surface area contributed by atoms with Crippen LogP contribution in [0.5, 0.6) is 11.5 Å². The molecule has 2 aromatic rings. The molecule has 0 bridgehead atoms. The Morgan fingerprint density at radius 1 is 1.06 bits per heavy atom. The van der Waals surface area contributed by atoms with Gasteiger partial charge in [0.1, 0.15) is 37.4 Å². The number of hydrogen-bond acceptors (Lipinski definition) is 6. The van der Waals surface area contributed by atoms with E-state index in [1.807, 2.05) is 6.92 Å². The summed E-state index contributed by atoms with van der Waals surface area (Å²) in [5.41, 5.74) is 0.0201. The molecule has 0 saturated carbocycles. The number of aryl methyl sites for hydroxylation is 1. The molecule has 0 aromatic heterocycles. The predicted octanol–water partition coefficient (Wildman–Crippen LogP) is 4.47. The van der Waals surface area contributed by atoms with Gasteiger partial charge in [-0.1, -0.05) is 0 Å². The van der Waals surface area contributed by atoms with Gasteiger partial charge in [-0.25, -0.2) is 4.89 Å². The van der Waals surface area contributed by atoms with E-state index in [2.05, 4.69) is 4.89 Å². The molecule has 1 N–H and O–H groups in total. The highest BCUT2D eigenvalue weighted by Gasteiger charge is 2.30. The third kappa shape index (κ3) is 8.13. The second-order valence-electron chi connectivity index (χ2n) is 6.53. The molecule has 10 heteroatoms. The SMILES string of the molecule is CCO[C@H](COc1ccc(C(F)(F)F)cc1)CS(=O)c1ccc(OCCOO)c(C)c1. The largest absolute Gasteiger partial charge is 0.491 e. The molecule has 0 aliphatic rings. The van der Waals surface area contributed by atoms with E-state index in [4.69, 9.17) is 19.5 Å². The zero-order valence-electron chi connectivity index (χ0n) is 17.2. The van der Waals surface area contributed by atoms with Crippen molar-refractivity contribution in [1.82, 2.24) is 0 Å². The van der Waals surface area contributed by atoms with E-state index in [1.54, 1.807) is 25.1 Å². The third-order valence-electron chi connectivity index (χ3n) is 4.20. The second kappa shape index (κ2) is 12.0. The monoisotopic (exact) mass is 462 g/mol. The maximum atomic E-state index is 12.8. The fraction of sp³-hybridized carbons (Fsp3) is 0.429. The van der Waals surface area contributed by atoms with Crippen LogP contribution in [0.4, 0.5) is 13.2 Å². The Kier molecular flexibility index (Phi) is 9.76. The molecule has 0 radical (unpaired) electrons. The Balaban J connectivity index is 1.96. The summed E-state index contributed by atoms with van der Waals surface area (Å²) in [4.78, 5) is 4.54. The minimum Gasteiger partial charge on any atom is -0.491 e. The Morgan fingerprint density at radius 3 is 2.35 bits per heavy atom. The summed E-state index contributed by atoms with van der Waals surface area (Å²) in [5.74, 6) is 1.02. The van der Waals surface area contributed by atoms with Crippen LogP contribution in [-0.2, 0) is 26.6 Å². The van der Waals surface area contributed by atoms with Crippen molar-refractivity contribution in [1.29, 1.82) is 0 Å². The summed E-state index contributed by atoms with van der Waals surface area (Å²) in [6.45, 7) is 4.23. The quantitative estimate of drug-likeness (QED) is 0.285. The molecular formula is C21H25F3O6S. The smallest absolute Gasteiger partial charge is 0.416 e. The Bertz CT molecular complexity index is 842. The van der Waals surface area contributed by atoms with Crippen LogP contribution in [0.3, 0.4) is 0 Å². The highest BCUT2D eigenvalue weighted by atomic mass is 32.2. The first-order valence-electron chi connectivity index (χ1n) is 9.54. The fourth-order valence-electron chi connectivity index (χ4n) is 2.69. The van der Waals surface area contributed by atoms with E-state index in [0.717, 1.165) is 17.7 Å². The molecule has 0 spiro atoms. The van der Waals surface area contributed by atoms with Gasteiger partial charge in [-0.2, -0.15) is 13.2 Å². The van der Waals surface area contributed by atoms with Crippen molar-refractivity contribution >= 4 is 10.8 Å². The van der Waals surface area contributed by atoms with E-state index in [1.165, 1.54) is 12.1 Å². The van der Waals surface area contributed by atoms with Gasteiger partial charge >= 0.3 is 6.18 Å². The van der Waals surface area contributed by atoms with Crippen molar-refractivity contribution in [2.24, 2.45) is 0 Å². The van der Waals surface area contributed by atoms with Gasteiger partial charge in [0.2, 0.25) is 0 Å². The number of alkyl halides is 3. The van der Waals surface area contributed by atoms with Crippen LogP contribution in [-0.4, -0.2) is 47.8 Å². The number of ether oxygens (including phenoxy) is 3. The highest BCUT2D eigenvalue weighted by Crippen LogP contribution is 2.30. The summed E-state index contributed by atoms with van der Waals surface area (Å²) in [7, 11) is -1.39. The molecular weight excluding hydrogens is 437 g/mol. The normalized spacial score (nSPS) is 13.6. The predicted molar refractivity (Wildman–Crippen MR) is 109 cm³/mol. The lowest BCUT2D eigenvalue weighted by atomic mass is 10.2. The average molecular weight is 462 g/mol. The summed E-state index contributed by atoms with van der Waals surface area (Å²) in [5, 5.41) is 8.33. The first kappa shape index (κ1) is 25.1. The third-order valence-corrected chi connectivity index (χ3v) is 5.65. The topological polar surface area (TPSA) is 74.2 Å². The van der Waals surface area contributed by atoms with E-state index >= 15 is 0 Å². The van der Waals surface area contributed by atoms with E-state index in [-0.39, 0.29) is 31.3 Å².